The molecule has 0 aliphatic rings. The van der Waals surface area contributed by atoms with Crippen LogP contribution >= 0.6 is 15.9 Å². The summed E-state index contributed by atoms with van der Waals surface area (Å²) in [7, 11) is 0. The van der Waals surface area contributed by atoms with E-state index in [4.69, 9.17) is 0 Å². The number of hydrogen-bond acceptors (Lipinski definition) is 1. The molecule has 0 saturated carbocycles. The zero-order chi connectivity index (χ0) is 14.0. The van der Waals surface area contributed by atoms with Gasteiger partial charge in [-0.1, -0.05) is 28.1 Å². The van der Waals surface area contributed by atoms with Gasteiger partial charge in [-0.2, -0.15) is 13.2 Å². The van der Waals surface area contributed by atoms with E-state index in [2.05, 4.69) is 15.9 Å². The van der Waals surface area contributed by atoms with E-state index in [-0.39, 0.29) is 10.0 Å². The molecule has 0 aliphatic carbocycles. The van der Waals surface area contributed by atoms with Crippen LogP contribution in [0.25, 0.3) is 0 Å². The molecule has 1 amide bonds. The van der Waals surface area contributed by atoms with Gasteiger partial charge in [-0.25, -0.2) is 0 Å². The summed E-state index contributed by atoms with van der Waals surface area (Å²) in [6, 6.07) is 6.29. The summed E-state index contributed by atoms with van der Waals surface area (Å²) in [5, 5.41) is 1.80. The van der Waals surface area contributed by atoms with Crippen molar-refractivity contribution in [1.29, 1.82) is 0 Å². The second-order valence-corrected chi connectivity index (χ2v) is 6.69. The molecule has 0 bridgehead atoms. The molecule has 100 valence electrons. The molecule has 0 fully saturated rings. The van der Waals surface area contributed by atoms with E-state index in [9.17, 15) is 18.0 Å². The van der Waals surface area contributed by atoms with Crippen LogP contribution in [-0.2, 0) is 11.2 Å². The maximum Gasteiger partial charge on any atom is 0.471 e. The maximum absolute atomic E-state index is 12.0. The molecule has 0 aliphatic heterocycles. The summed E-state index contributed by atoms with van der Waals surface area (Å²) in [5.41, 5.74) is 1.11. The van der Waals surface area contributed by atoms with Crippen molar-refractivity contribution in [3.63, 3.8) is 0 Å². The summed E-state index contributed by atoms with van der Waals surface area (Å²) >= 11 is 3.48. The SMILES string of the molecule is CC(C)(Br)Cc1ccc(NC(=O)C(F)(F)F)cc1. The quantitative estimate of drug-likeness (QED) is 0.840. The van der Waals surface area contributed by atoms with E-state index in [0.29, 0.717) is 0 Å². The predicted octanol–water partition coefficient (Wildman–Crippen LogP) is 3.90. The van der Waals surface area contributed by atoms with E-state index >= 15 is 0 Å². The van der Waals surface area contributed by atoms with Gasteiger partial charge in [0, 0.05) is 10.0 Å². The Bertz CT molecular complexity index is 420. The average Bonchev–Trinajstić information content (AvgIpc) is 2.17. The van der Waals surface area contributed by atoms with Crippen LogP contribution in [0.3, 0.4) is 0 Å². The number of benzene rings is 1. The number of carbonyl (C=O) groups is 1. The first-order chi connectivity index (χ1) is 8.08. The molecule has 18 heavy (non-hydrogen) atoms. The third kappa shape index (κ3) is 5.08. The van der Waals surface area contributed by atoms with Gasteiger partial charge < -0.3 is 5.32 Å². The van der Waals surface area contributed by atoms with Crippen LogP contribution in [0.15, 0.2) is 24.3 Å². The second kappa shape index (κ2) is 5.30. The van der Waals surface area contributed by atoms with Gasteiger partial charge in [-0.3, -0.25) is 4.79 Å². The van der Waals surface area contributed by atoms with Crippen LogP contribution in [0.2, 0.25) is 0 Å². The fraction of sp³-hybridized carbons (Fsp3) is 0.417. The summed E-state index contributed by atoms with van der Waals surface area (Å²) in [6.45, 7) is 3.98. The van der Waals surface area contributed by atoms with Crippen molar-refractivity contribution in [2.75, 3.05) is 5.32 Å². The molecule has 0 atom stereocenters. The van der Waals surface area contributed by atoms with Crippen LogP contribution in [0.4, 0.5) is 18.9 Å². The molecule has 6 heteroatoms. The minimum Gasteiger partial charge on any atom is -0.318 e. The Labute approximate surface area is 112 Å². The second-order valence-electron chi connectivity index (χ2n) is 4.54. The van der Waals surface area contributed by atoms with Crippen LogP contribution in [0, 0.1) is 0 Å². The minimum absolute atomic E-state index is 0.0796. The van der Waals surface area contributed by atoms with Gasteiger partial charge in [-0.15, -0.1) is 0 Å². The van der Waals surface area contributed by atoms with Crippen molar-refractivity contribution in [3.05, 3.63) is 29.8 Å². The van der Waals surface area contributed by atoms with E-state index in [1.807, 2.05) is 13.8 Å². The Morgan fingerprint density at radius 3 is 2.11 bits per heavy atom. The van der Waals surface area contributed by atoms with Gasteiger partial charge in [0.2, 0.25) is 0 Å². The van der Waals surface area contributed by atoms with Gasteiger partial charge >= 0.3 is 12.1 Å². The number of anilines is 1. The standard InChI is InChI=1S/C12H13BrF3NO/c1-11(2,13)7-8-3-5-9(6-4-8)17-10(18)12(14,15)16/h3-6H,7H2,1-2H3,(H,17,18). The van der Waals surface area contributed by atoms with Gasteiger partial charge in [0.05, 0.1) is 0 Å². The third-order valence-electron chi connectivity index (χ3n) is 2.09. The number of hydrogen-bond donors (Lipinski definition) is 1. The highest BCUT2D eigenvalue weighted by molar-refractivity contribution is 9.10. The molecule has 0 saturated heterocycles. The summed E-state index contributed by atoms with van der Waals surface area (Å²) in [4.78, 5) is 10.7. The summed E-state index contributed by atoms with van der Waals surface area (Å²) < 4.78 is 36.0. The number of amides is 1. The first kappa shape index (κ1) is 15.0. The van der Waals surface area contributed by atoms with Crippen molar-refractivity contribution in [3.8, 4) is 0 Å². The van der Waals surface area contributed by atoms with E-state index < -0.39 is 12.1 Å². The smallest absolute Gasteiger partial charge is 0.318 e. The van der Waals surface area contributed by atoms with Crippen LogP contribution in [0.1, 0.15) is 19.4 Å². The van der Waals surface area contributed by atoms with Crippen molar-refractivity contribution >= 4 is 27.5 Å². The topological polar surface area (TPSA) is 29.1 Å². The molecule has 0 radical (unpaired) electrons. The molecule has 0 aromatic heterocycles. The van der Waals surface area contributed by atoms with Gasteiger partial charge in [-0.05, 0) is 38.0 Å². The Balaban J connectivity index is 2.70. The van der Waals surface area contributed by atoms with Crippen LogP contribution in [0.5, 0.6) is 0 Å². The molecule has 0 spiro atoms. The monoisotopic (exact) mass is 323 g/mol. The largest absolute Gasteiger partial charge is 0.471 e. The molecule has 1 aromatic carbocycles. The van der Waals surface area contributed by atoms with Gasteiger partial charge in [0.1, 0.15) is 0 Å². The average molecular weight is 324 g/mol. The van der Waals surface area contributed by atoms with E-state index in [1.165, 1.54) is 12.1 Å². The van der Waals surface area contributed by atoms with Crippen LogP contribution in [-0.4, -0.2) is 16.4 Å². The lowest BCUT2D eigenvalue weighted by Gasteiger charge is -2.16. The highest BCUT2D eigenvalue weighted by Crippen LogP contribution is 2.23. The molecule has 1 aromatic rings. The third-order valence-corrected chi connectivity index (χ3v) is 2.37. The van der Waals surface area contributed by atoms with Crippen molar-refractivity contribution in [2.24, 2.45) is 0 Å². The molecular weight excluding hydrogens is 311 g/mol. The van der Waals surface area contributed by atoms with Crippen molar-refractivity contribution < 1.29 is 18.0 Å². The van der Waals surface area contributed by atoms with Gasteiger partial charge in [0.25, 0.3) is 0 Å². The normalized spacial score (nSPS) is 12.3. The molecule has 0 heterocycles. The lowest BCUT2D eigenvalue weighted by molar-refractivity contribution is -0.167. The molecule has 1 N–H and O–H groups in total. The molecule has 0 unspecified atom stereocenters. The minimum atomic E-state index is -4.86. The highest BCUT2D eigenvalue weighted by Gasteiger charge is 2.38. The first-order valence-corrected chi connectivity index (χ1v) is 6.03. The van der Waals surface area contributed by atoms with Crippen LogP contribution < -0.4 is 5.32 Å². The lowest BCUT2D eigenvalue weighted by atomic mass is 10.0. The zero-order valence-corrected chi connectivity index (χ0v) is 11.5. The number of rotatable bonds is 3. The fourth-order valence-electron chi connectivity index (χ4n) is 1.39. The number of alkyl halides is 4. The Kier molecular flexibility index (Phi) is 4.42. The maximum atomic E-state index is 12.0. The van der Waals surface area contributed by atoms with E-state index in [1.54, 1.807) is 17.4 Å². The Morgan fingerprint density at radius 1 is 1.22 bits per heavy atom. The zero-order valence-electron chi connectivity index (χ0n) is 9.94. The summed E-state index contributed by atoms with van der Waals surface area (Å²) in [5.74, 6) is -1.96. The number of halogens is 4. The number of carbonyl (C=O) groups excluding carboxylic acids is 1. The van der Waals surface area contributed by atoms with Crippen molar-refractivity contribution in [2.45, 2.75) is 30.8 Å². The summed E-state index contributed by atoms with van der Waals surface area (Å²) in [6.07, 6.45) is -4.13. The number of nitrogens with one attached hydrogen (secondary N) is 1. The molecule has 1 rings (SSSR count). The Morgan fingerprint density at radius 2 is 1.72 bits per heavy atom. The van der Waals surface area contributed by atoms with Gasteiger partial charge in [0.15, 0.2) is 0 Å². The van der Waals surface area contributed by atoms with E-state index in [0.717, 1.165) is 12.0 Å². The molecule has 2 nitrogen and oxygen atoms in total. The molecular formula is C12H13BrF3NO. The predicted molar refractivity (Wildman–Crippen MR) is 67.8 cm³/mol. The Hall–Kier alpha value is -1.04. The highest BCUT2D eigenvalue weighted by atomic mass is 79.9. The first-order valence-electron chi connectivity index (χ1n) is 5.24. The lowest BCUT2D eigenvalue weighted by Crippen LogP contribution is -2.29. The van der Waals surface area contributed by atoms with Crippen molar-refractivity contribution in [1.82, 2.24) is 0 Å². The fourth-order valence-corrected chi connectivity index (χ4v) is 1.72.